The molecule has 0 spiro atoms. The Hall–Kier alpha value is -2.46. The zero-order chi connectivity index (χ0) is 22.1. The van der Waals surface area contributed by atoms with Gasteiger partial charge in [-0.15, -0.1) is 0 Å². The molecule has 0 radical (unpaired) electrons. The third kappa shape index (κ3) is 6.53. The van der Waals surface area contributed by atoms with Gasteiger partial charge in [0.05, 0.1) is 13.2 Å². The standard InChI is InChI=1S/C19H22BNO7.C2H6/c1-19(22,12-26-11-14-6-3-2-4-7-14)13-27-16-9-5-8-15-17(10-21(24)25)28-20(23)18(15)16;1-2/h2-9,17,22-23H,10-13H2,1H3;1-2H3. The van der Waals surface area contributed by atoms with Crippen LogP contribution < -0.4 is 10.2 Å². The predicted octanol–water partition coefficient (Wildman–Crippen LogP) is 2.09. The van der Waals surface area contributed by atoms with Crippen LogP contribution in [0.2, 0.25) is 0 Å². The van der Waals surface area contributed by atoms with Crippen molar-refractivity contribution in [2.45, 2.75) is 39.1 Å². The van der Waals surface area contributed by atoms with E-state index in [2.05, 4.69) is 0 Å². The summed E-state index contributed by atoms with van der Waals surface area (Å²) in [5, 5.41) is 31.4. The Kier molecular flexibility index (Phi) is 8.79. The van der Waals surface area contributed by atoms with E-state index in [0.717, 1.165) is 5.56 Å². The number of nitrogens with zero attached hydrogens (tertiary/aromatic N) is 1. The molecule has 9 heteroatoms. The highest BCUT2D eigenvalue weighted by Crippen LogP contribution is 2.28. The van der Waals surface area contributed by atoms with E-state index in [9.17, 15) is 20.2 Å². The first-order valence-corrected chi connectivity index (χ1v) is 9.91. The molecule has 3 rings (SSSR count). The van der Waals surface area contributed by atoms with E-state index < -0.39 is 30.3 Å². The maximum absolute atomic E-state index is 10.8. The molecule has 2 atom stereocenters. The molecule has 0 bridgehead atoms. The Morgan fingerprint density at radius 2 is 1.87 bits per heavy atom. The van der Waals surface area contributed by atoms with E-state index in [1.807, 2.05) is 44.2 Å². The second kappa shape index (κ2) is 11.1. The number of fused-ring (bicyclic) bond motifs is 1. The molecule has 2 aromatic rings. The van der Waals surface area contributed by atoms with Crippen LogP contribution in [0.15, 0.2) is 48.5 Å². The summed E-state index contributed by atoms with van der Waals surface area (Å²) in [5.41, 5.74) is 0.608. The van der Waals surface area contributed by atoms with E-state index in [1.165, 1.54) is 0 Å². The van der Waals surface area contributed by atoms with Crippen LogP contribution in [-0.4, -0.2) is 47.5 Å². The normalized spacial score (nSPS) is 16.8. The lowest BCUT2D eigenvalue weighted by Gasteiger charge is -2.24. The molecule has 1 aliphatic heterocycles. The summed E-state index contributed by atoms with van der Waals surface area (Å²) in [6.45, 7) is 5.49. The van der Waals surface area contributed by atoms with Crippen molar-refractivity contribution in [2.75, 3.05) is 19.8 Å². The number of hydrogen-bond acceptors (Lipinski definition) is 7. The van der Waals surface area contributed by atoms with Crippen molar-refractivity contribution in [2.24, 2.45) is 0 Å². The topological polar surface area (TPSA) is 111 Å². The van der Waals surface area contributed by atoms with Gasteiger partial charge in [0.2, 0.25) is 6.54 Å². The maximum Gasteiger partial charge on any atom is 0.496 e. The Morgan fingerprint density at radius 1 is 1.17 bits per heavy atom. The summed E-state index contributed by atoms with van der Waals surface area (Å²) in [6.07, 6.45) is -0.835. The minimum absolute atomic E-state index is 0.0555. The van der Waals surface area contributed by atoms with E-state index in [0.29, 0.717) is 23.4 Å². The first kappa shape index (κ1) is 23.8. The SMILES string of the molecule is CC.CC(O)(COCc1ccccc1)COc1cccc2c1B(O)OC2C[N+](=O)[O-]. The predicted molar refractivity (Wildman–Crippen MR) is 113 cm³/mol. The molecule has 0 saturated heterocycles. The van der Waals surface area contributed by atoms with Gasteiger partial charge < -0.3 is 24.3 Å². The Labute approximate surface area is 176 Å². The van der Waals surface area contributed by atoms with Gasteiger partial charge in [-0.1, -0.05) is 56.3 Å². The molecule has 0 amide bonds. The zero-order valence-corrected chi connectivity index (χ0v) is 17.5. The van der Waals surface area contributed by atoms with Gasteiger partial charge in [0.15, 0.2) is 0 Å². The fourth-order valence-electron chi connectivity index (χ4n) is 3.04. The monoisotopic (exact) mass is 417 g/mol. The number of benzene rings is 2. The minimum atomic E-state index is -1.31. The van der Waals surface area contributed by atoms with E-state index in [4.69, 9.17) is 14.1 Å². The van der Waals surface area contributed by atoms with Crippen molar-refractivity contribution in [3.63, 3.8) is 0 Å². The van der Waals surface area contributed by atoms with Crippen LogP contribution in [0.1, 0.15) is 38.0 Å². The summed E-state index contributed by atoms with van der Waals surface area (Å²) < 4.78 is 16.5. The van der Waals surface area contributed by atoms with Crippen LogP contribution in [0, 0.1) is 10.1 Å². The molecular weight excluding hydrogens is 389 g/mol. The molecule has 0 fully saturated rings. The summed E-state index contributed by atoms with van der Waals surface area (Å²) in [7, 11) is -1.31. The smallest absolute Gasteiger partial charge is 0.491 e. The number of nitro groups is 1. The molecular formula is C21H28BNO7. The van der Waals surface area contributed by atoms with Gasteiger partial charge in [-0.25, -0.2) is 0 Å². The molecule has 2 N–H and O–H groups in total. The number of rotatable bonds is 9. The average molecular weight is 417 g/mol. The van der Waals surface area contributed by atoms with Crippen molar-refractivity contribution in [3.8, 4) is 5.75 Å². The van der Waals surface area contributed by atoms with Gasteiger partial charge in [0, 0.05) is 10.4 Å². The molecule has 2 unspecified atom stereocenters. The Balaban J connectivity index is 0.00000155. The Bertz CT molecular complexity index is 816. The highest BCUT2D eigenvalue weighted by molar-refractivity contribution is 6.62. The second-order valence-electron chi connectivity index (χ2n) is 7.02. The largest absolute Gasteiger partial charge is 0.496 e. The Morgan fingerprint density at radius 3 is 2.53 bits per heavy atom. The fourth-order valence-corrected chi connectivity index (χ4v) is 3.04. The van der Waals surface area contributed by atoms with Crippen LogP contribution in [0.3, 0.4) is 0 Å². The third-order valence-corrected chi connectivity index (χ3v) is 4.36. The first-order chi connectivity index (χ1) is 14.4. The highest BCUT2D eigenvalue weighted by atomic mass is 16.6. The van der Waals surface area contributed by atoms with Crippen molar-refractivity contribution in [1.29, 1.82) is 0 Å². The number of aliphatic hydroxyl groups is 1. The summed E-state index contributed by atoms with van der Waals surface area (Å²) in [6, 6.07) is 14.6. The van der Waals surface area contributed by atoms with Crippen molar-refractivity contribution < 1.29 is 29.2 Å². The number of hydrogen-bond donors (Lipinski definition) is 2. The second-order valence-corrected chi connectivity index (χ2v) is 7.02. The lowest BCUT2D eigenvalue weighted by molar-refractivity contribution is -0.490. The third-order valence-electron chi connectivity index (χ3n) is 4.36. The summed E-state index contributed by atoms with van der Waals surface area (Å²) in [4.78, 5) is 10.3. The van der Waals surface area contributed by atoms with E-state index in [1.54, 1.807) is 25.1 Å². The molecule has 1 aliphatic rings. The van der Waals surface area contributed by atoms with Gasteiger partial charge in [0.1, 0.15) is 24.1 Å². The maximum atomic E-state index is 10.8. The van der Waals surface area contributed by atoms with E-state index in [-0.39, 0.29) is 13.2 Å². The average Bonchev–Trinajstić information content (AvgIpc) is 3.04. The zero-order valence-electron chi connectivity index (χ0n) is 17.5. The van der Waals surface area contributed by atoms with Crippen LogP contribution in [0.5, 0.6) is 5.75 Å². The minimum Gasteiger partial charge on any atom is -0.491 e. The van der Waals surface area contributed by atoms with Gasteiger partial charge in [0.25, 0.3) is 0 Å². The molecule has 0 saturated carbocycles. The quantitative estimate of drug-likeness (QED) is 0.365. The van der Waals surface area contributed by atoms with E-state index >= 15 is 0 Å². The van der Waals surface area contributed by atoms with Gasteiger partial charge in [-0.05, 0) is 24.1 Å². The van der Waals surface area contributed by atoms with Gasteiger partial charge >= 0.3 is 7.12 Å². The fraction of sp³-hybridized carbons (Fsp3) is 0.429. The molecule has 30 heavy (non-hydrogen) atoms. The molecule has 2 aromatic carbocycles. The first-order valence-electron chi connectivity index (χ1n) is 9.91. The highest BCUT2D eigenvalue weighted by Gasteiger charge is 2.40. The van der Waals surface area contributed by atoms with Crippen LogP contribution in [0.4, 0.5) is 0 Å². The lowest BCUT2D eigenvalue weighted by Crippen LogP contribution is -2.39. The summed E-state index contributed by atoms with van der Waals surface area (Å²) >= 11 is 0. The van der Waals surface area contributed by atoms with Crippen LogP contribution in [-0.2, 0) is 16.0 Å². The molecule has 1 heterocycles. The molecule has 0 aromatic heterocycles. The van der Waals surface area contributed by atoms with Gasteiger partial charge in [-0.3, -0.25) is 10.1 Å². The molecule has 0 aliphatic carbocycles. The summed E-state index contributed by atoms with van der Waals surface area (Å²) in [5.74, 6) is 0.319. The molecule has 8 nitrogen and oxygen atoms in total. The van der Waals surface area contributed by atoms with Crippen LogP contribution >= 0.6 is 0 Å². The lowest BCUT2D eigenvalue weighted by atomic mass is 9.78. The van der Waals surface area contributed by atoms with Crippen LogP contribution in [0.25, 0.3) is 0 Å². The number of ether oxygens (including phenoxy) is 2. The van der Waals surface area contributed by atoms with Gasteiger partial charge in [-0.2, -0.15) is 0 Å². The van der Waals surface area contributed by atoms with Crippen molar-refractivity contribution in [3.05, 3.63) is 69.8 Å². The van der Waals surface area contributed by atoms with Crippen molar-refractivity contribution >= 4 is 12.6 Å². The molecule has 162 valence electrons. The van der Waals surface area contributed by atoms with Crippen molar-refractivity contribution in [1.82, 2.24) is 0 Å².